The van der Waals surface area contributed by atoms with E-state index in [9.17, 15) is 9.18 Å². The summed E-state index contributed by atoms with van der Waals surface area (Å²) >= 11 is 0. The van der Waals surface area contributed by atoms with Crippen LogP contribution in [-0.2, 0) is 13.1 Å². The van der Waals surface area contributed by atoms with Crippen molar-refractivity contribution in [3.8, 4) is 5.75 Å². The van der Waals surface area contributed by atoms with Crippen LogP contribution in [0.15, 0.2) is 61.1 Å². The Labute approximate surface area is 178 Å². The highest BCUT2D eigenvalue weighted by atomic mass is 19.1. The number of carbonyl (C=O) groups excluding carboxylic acids is 1. The van der Waals surface area contributed by atoms with Crippen LogP contribution in [0.2, 0.25) is 0 Å². The minimum absolute atomic E-state index is 0.217. The van der Waals surface area contributed by atoms with Gasteiger partial charge in [0, 0.05) is 13.1 Å². The molecule has 0 aliphatic rings. The number of ether oxygens (including phenoxy) is 1. The number of para-hydroxylation sites is 1. The molecule has 0 unspecified atom stereocenters. The Kier molecular flexibility index (Phi) is 6.02. The number of nitrogens with one attached hydrogen (secondary N) is 2. The van der Waals surface area contributed by atoms with Crippen molar-refractivity contribution < 1.29 is 13.9 Å². The highest BCUT2D eigenvalue weighted by Gasteiger charge is 2.12. The summed E-state index contributed by atoms with van der Waals surface area (Å²) < 4.78 is 20.0. The van der Waals surface area contributed by atoms with Crippen molar-refractivity contribution in [2.75, 3.05) is 19.0 Å². The average Bonchev–Trinajstić information content (AvgIpc) is 3.22. The second kappa shape index (κ2) is 9.21. The molecule has 0 spiro atoms. The summed E-state index contributed by atoms with van der Waals surface area (Å²) in [6, 6.07) is 13.3. The molecule has 0 atom stereocenters. The maximum atomic E-state index is 13.1. The number of halogens is 1. The molecule has 8 nitrogen and oxygen atoms in total. The normalized spacial score (nSPS) is 10.8. The van der Waals surface area contributed by atoms with Crippen molar-refractivity contribution in [2.24, 2.45) is 0 Å². The first kappa shape index (κ1) is 20.3. The van der Waals surface area contributed by atoms with Gasteiger partial charge in [-0.3, -0.25) is 4.79 Å². The molecule has 158 valence electrons. The molecule has 2 aromatic heterocycles. The molecule has 4 rings (SSSR count). The standard InChI is InChI=1S/C22H21FN6O2/c1-31-19-5-3-2-4-17(19)22(30)24-10-11-29-21-18(13-28-29)20(26-14-27-21)25-12-15-6-8-16(23)9-7-15/h2-9,13-14H,10-12H2,1H3,(H,24,30)(H,25,26,27). The average molecular weight is 420 g/mol. The van der Waals surface area contributed by atoms with Gasteiger partial charge < -0.3 is 15.4 Å². The maximum Gasteiger partial charge on any atom is 0.255 e. The molecule has 2 heterocycles. The number of aromatic nitrogens is 4. The van der Waals surface area contributed by atoms with Gasteiger partial charge in [-0.1, -0.05) is 24.3 Å². The fraction of sp³-hybridized carbons (Fsp3) is 0.182. The van der Waals surface area contributed by atoms with Crippen molar-refractivity contribution in [1.82, 2.24) is 25.1 Å². The summed E-state index contributed by atoms with van der Waals surface area (Å²) in [7, 11) is 1.53. The van der Waals surface area contributed by atoms with Gasteiger partial charge >= 0.3 is 0 Å². The van der Waals surface area contributed by atoms with Gasteiger partial charge in [-0.15, -0.1) is 0 Å². The molecular weight excluding hydrogens is 399 g/mol. The number of anilines is 1. The van der Waals surface area contributed by atoms with Crippen molar-refractivity contribution in [3.63, 3.8) is 0 Å². The number of carbonyl (C=O) groups is 1. The lowest BCUT2D eigenvalue weighted by atomic mass is 10.2. The lowest BCUT2D eigenvalue weighted by Crippen LogP contribution is -2.27. The molecule has 2 N–H and O–H groups in total. The summed E-state index contributed by atoms with van der Waals surface area (Å²) in [6.07, 6.45) is 3.14. The molecule has 0 aliphatic carbocycles. The molecule has 0 saturated heterocycles. The molecule has 1 amide bonds. The number of amides is 1. The minimum atomic E-state index is -0.271. The summed E-state index contributed by atoms with van der Waals surface area (Å²) in [6.45, 7) is 1.31. The lowest BCUT2D eigenvalue weighted by Gasteiger charge is -2.10. The van der Waals surface area contributed by atoms with Crippen molar-refractivity contribution in [1.29, 1.82) is 0 Å². The first-order valence-electron chi connectivity index (χ1n) is 9.72. The zero-order valence-electron chi connectivity index (χ0n) is 16.9. The second-order valence-corrected chi connectivity index (χ2v) is 6.76. The molecule has 31 heavy (non-hydrogen) atoms. The van der Waals surface area contributed by atoms with Gasteiger partial charge in [-0.2, -0.15) is 5.10 Å². The first-order valence-corrected chi connectivity index (χ1v) is 9.72. The van der Waals surface area contributed by atoms with Gasteiger partial charge in [0.2, 0.25) is 0 Å². The molecule has 9 heteroatoms. The Morgan fingerprint density at radius 2 is 1.94 bits per heavy atom. The Morgan fingerprint density at radius 1 is 1.13 bits per heavy atom. The fourth-order valence-corrected chi connectivity index (χ4v) is 3.19. The Morgan fingerprint density at radius 3 is 2.74 bits per heavy atom. The van der Waals surface area contributed by atoms with Gasteiger partial charge in [0.25, 0.3) is 5.91 Å². The number of methoxy groups -OCH3 is 1. The number of nitrogens with zero attached hydrogens (tertiary/aromatic N) is 4. The highest BCUT2D eigenvalue weighted by molar-refractivity contribution is 5.96. The van der Waals surface area contributed by atoms with E-state index < -0.39 is 0 Å². The quantitative estimate of drug-likeness (QED) is 0.455. The maximum absolute atomic E-state index is 13.1. The summed E-state index contributed by atoms with van der Waals surface area (Å²) in [5.41, 5.74) is 2.06. The highest BCUT2D eigenvalue weighted by Crippen LogP contribution is 2.20. The minimum Gasteiger partial charge on any atom is -0.496 e. The van der Waals surface area contributed by atoms with Crippen molar-refractivity contribution >= 4 is 22.8 Å². The Balaban J connectivity index is 1.40. The number of hydrogen-bond acceptors (Lipinski definition) is 6. The first-order chi connectivity index (χ1) is 15.2. The van der Waals surface area contributed by atoms with Crippen LogP contribution in [-0.4, -0.2) is 39.3 Å². The van der Waals surface area contributed by atoms with E-state index >= 15 is 0 Å². The van der Waals surface area contributed by atoms with Gasteiger partial charge in [0.1, 0.15) is 23.7 Å². The predicted molar refractivity (Wildman–Crippen MR) is 114 cm³/mol. The predicted octanol–water partition coefficient (Wildman–Crippen LogP) is 3.02. The van der Waals surface area contributed by atoms with E-state index in [1.807, 2.05) is 6.07 Å². The van der Waals surface area contributed by atoms with Crippen LogP contribution in [0, 0.1) is 5.82 Å². The van der Waals surface area contributed by atoms with E-state index in [4.69, 9.17) is 4.74 Å². The van der Waals surface area contributed by atoms with E-state index in [1.54, 1.807) is 41.2 Å². The Bertz CT molecular complexity index is 1190. The van der Waals surface area contributed by atoms with Gasteiger partial charge in [0.15, 0.2) is 5.65 Å². The summed E-state index contributed by atoms with van der Waals surface area (Å²) in [5.74, 6) is 0.672. The zero-order chi connectivity index (χ0) is 21.6. The van der Waals surface area contributed by atoms with Gasteiger partial charge in [-0.05, 0) is 29.8 Å². The fourth-order valence-electron chi connectivity index (χ4n) is 3.19. The van der Waals surface area contributed by atoms with Crippen LogP contribution in [0.5, 0.6) is 5.75 Å². The van der Waals surface area contributed by atoms with E-state index in [0.29, 0.717) is 42.4 Å². The van der Waals surface area contributed by atoms with Crippen LogP contribution in [0.4, 0.5) is 10.2 Å². The topological polar surface area (TPSA) is 94.0 Å². The van der Waals surface area contributed by atoms with Crippen molar-refractivity contribution in [3.05, 3.63) is 78.0 Å². The summed E-state index contributed by atoms with van der Waals surface area (Å²) in [4.78, 5) is 21.0. The number of rotatable bonds is 8. The van der Waals surface area contributed by atoms with E-state index in [-0.39, 0.29) is 11.7 Å². The van der Waals surface area contributed by atoms with E-state index in [0.717, 1.165) is 10.9 Å². The monoisotopic (exact) mass is 420 g/mol. The molecule has 0 saturated carbocycles. The van der Waals surface area contributed by atoms with Crippen LogP contribution < -0.4 is 15.4 Å². The third-order valence-corrected chi connectivity index (χ3v) is 4.77. The molecule has 0 radical (unpaired) electrons. The molecule has 0 bridgehead atoms. The SMILES string of the molecule is COc1ccccc1C(=O)NCCn1ncc2c(NCc3ccc(F)cc3)ncnc21. The molecule has 4 aromatic rings. The van der Waals surface area contributed by atoms with Crippen LogP contribution in [0.1, 0.15) is 15.9 Å². The molecule has 0 fully saturated rings. The largest absolute Gasteiger partial charge is 0.496 e. The lowest BCUT2D eigenvalue weighted by molar-refractivity contribution is 0.0949. The van der Waals surface area contributed by atoms with Crippen LogP contribution in [0.3, 0.4) is 0 Å². The second-order valence-electron chi connectivity index (χ2n) is 6.76. The number of hydrogen-bond donors (Lipinski definition) is 2. The number of fused-ring (bicyclic) bond motifs is 1. The van der Waals surface area contributed by atoms with E-state index in [1.165, 1.54) is 25.6 Å². The molecule has 2 aromatic carbocycles. The molecule has 0 aliphatic heterocycles. The zero-order valence-corrected chi connectivity index (χ0v) is 16.9. The third kappa shape index (κ3) is 4.61. The Hall–Kier alpha value is -4.01. The summed E-state index contributed by atoms with van der Waals surface area (Å²) in [5, 5.41) is 11.2. The third-order valence-electron chi connectivity index (χ3n) is 4.77. The van der Waals surface area contributed by atoms with Crippen molar-refractivity contribution in [2.45, 2.75) is 13.1 Å². The molecular formula is C22H21FN6O2. The smallest absolute Gasteiger partial charge is 0.255 e. The van der Waals surface area contributed by atoms with Gasteiger partial charge in [0.05, 0.1) is 30.8 Å². The number of benzene rings is 2. The van der Waals surface area contributed by atoms with Crippen LogP contribution in [0.25, 0.3) is 11.0 Å². The van der Waals surface area contributed by atoms with Crippen LogP contribution >= 0.6 is 0 Å². The van der Waals surface area contributed by atoms with E-state index in [2.05, 4.69) is 25.7 Å². The van der Waals surface area contributed by atoms with Gasteiger partial charge in [-0.25, -0.2) is 19.0 Å².